The molecule has 1 fully saturated rings. The predicted octanol–water partition coefficient (Wildman–Crippen LogP) is 6.15. The molecule has 1 aliphatic rings. The summed E-state index contributed by atoms with van der Waals surface area (Å²) in [5.74, 6) is 0.646. The van der Waals surface area contributed by atoms with E-state index in [1.165, 1.54) is 30.6 Å². The molecule has 252 valence electrons. The van der Waals surface area contributed by atoms with Gasteiger partial charge in [-0.15, -0.1) is 5.10 Å². The highest BCUT2D eigenvalue weighted by atomic mass is 35.5. The number of piperidine rings is 1. The highest BCUT2D eigenvalue weighted by Gasteiger charge is 2.30. The number of aromatic nitrogens is 5. The van der Waals surface area contributed by atoms with Crippen LogP contribution in [-0.2, 0) is 11.3 Å². The average Bonchev–Trinajstić information content (AvgIpc) is 3.54. The Balaban J connectivity index is 1.32. The first-order chi connectivity index (χ1) is 23.6. The number of benzene rings is 1. The van der Waals surface area contributed by atoms with Crippen molar-refractivity contribution in [2.45, 2.75) is 32.4 Å². The summed E-state index contributed by atoms with van der Waals surface area (Å²) in [5.41, 5.74) is 4.34. The van der Waals surface area contributed by atoms with E-state index in [2.05, 4.69) is 15.1 Å². The van der Waals surface area contributed by atoms with Crippen LogP contribution in [0.2, 0.25) is 10.0 Å². The van der Waals surface area contributed by atoms with Crippen molar-refractivity contribution in [3.63, 3.8) is 0 Å². The molecule has 15 heteroatoms. The van der Waals surface area contributed by atoms with Crippen LogP contribution in [-0.4, -0.2) is 91.1 Å². The van der Waals surface area contributed by atoms with Gasteiger partial charge in [0.25, 0.3) is 0 Å². The second kappa shape index (κ2) is 14.1. The predicted molar refractivity (Wildman–Crippen MR) is 182 cm³/mol. The number of pyridine rings is 3. The maximum Gasteiger partial charge on any atom is 0.407 e. The summed E-state index contributed by atoms with van der Waals surface area (Å²) in [4.78, 5) is 51.8. The van der Waals surface area contributed by atoms with Gasteiger partial charge in [-0.25, -0.2) is 19.3 Å². The molecule has 49 heavy (non-hydrogen) atoms. The van der Waals surface area contributed by atoms with Crippen LogP contribution in [0.25, 0.3) is 39.3 Å². The van der Waals surface area contributed by atoms with Gasteiger partial charge in [-0.1, -0.05) is 41.4 Å². The number of likely N-dealkylation sites (tertiary alicyclic amines) is 1. The van der Waals surface area contributed by atoms with E-state index in [0.29, 0.717) is 92.9 Å². The number of nitrogens with zero attached hydrogens (tertiary/aromatic N) is 7. The van der Waals surface area contributed by atoms with Crippen LogP contribution >= 0.6 is 23.2 Å². The summed E-state index contributed by atoms with van der Waals surface area (Å²) >= 11 is 14.0. The summed E-state index contributed by atoms with van der Waals surface area (Å²) in [6, 6.07) is 12.3. The van der Waals surface area contributed by atoms with Crippen LogP contribution in [0.15, 0.2) is 54.9 Å². The van der Waals surface area contributed by atoms with Crippen LogP contribution in [0.1, 0.15) is 35.9 Å². The lowest BCUT2D eigenvalue weighted by atomic mass is 9.99. The second-order valence-electron chi connectivity index (χ2n) is 11.4. The molecule has 5 aromatic rings. The van der Waals surface area contributed by atoms with E-state index < -0.39 is 6.09 Å². The first kappa shape index (κ1) is 33.6. The molecule has 1 N–H and O–H groups in total. The molecular weight excluding hydrogens is 673 g/mol. The molecule has 1 aliphatic heterocycles. The summed E-state index contributed by atoms with van der Waals surface area (Å²) in [7, 11) is 2.97. The standard InChI is InChI=1S/C34H31Cl2N7O6/c1-19(45)41-13-10-22(11-14-41)42(34(46)47)16-20-7-8-26(38-33(20)49-3)25-6-4-5-23(29(25)35)24-9-12-37-31(30(24)36)21-15-27(48-2)32-39-28(18-44)40-43(32)17-21/h4-9,12,15,17-18,22H,10-11,13-14,16H2,1-3H3,(H,46,47). The number of halogens is 2. The summed E-state index contributed by atoms with van der Waals surface area (Å²) < 4.78 is 12.6. The maximum absolute atomic E-state index is 12.3. The number of ether oxygens (including phenoxy) is 2. The van der Waals surface area contributed by atoms with Gasteiger partial charge in [-0.05, 0) is 37.1 Å². The Morgan fingerprint density at radius 2 is 1.76 bits per heavy atom. The van der Waals surface area contributed by atoms with Crippen molar-refractivity contribution in [1.82, 2.24) is 34.4 Å². The highest BCUT2D eigenvalue weighted by molar-refractivity contribution is 6.39. The van der Waals surface area contributed by atoms with Gasteiger partial charge in [-0.2, -0.15) is 0 Å². The average molecular weight is 705 g/mol. The SMILES string of the molecule is COc1nc(-c2cccc(-c3ccnc(-c4cc(OC)c5nc(C=O)nn5c4)c3Cl)c2Cl)ccc1CN(C(=O)O)C1CCN(C(C)=O)CC1. The van der Waals surface area contributed by atoms with Crippen molar-refractivity contribution < 1.29 is 29.0 Å². The van der Waals surface area contributed by atoms with Crippen molar-refractivity contribution in [2.24, 2.45) is 0 Å². The minimum absolute atomic E-state index is 0.00997. The first-order valence-corrected chi connectivity index (χ1v) is 16.0. The Kier molecular flexibility index (Phi) is 9.65. The Morgan fingerprint density at radius 1 is 1.02 bits per heavy atom. The second-order valence-corrected chi connectivity index (χ2v) is 12.1. The van der Waals surface area contributed by atoms with E-state index in [0.717, 1.165) is 0 Å². The number of carboxylic acid groups (broad SMARTS) is 1. The molecule has 4 aromatic heterocycles. The Morgan fingerprint density at radius 3 is 2.43 bits per heavy atom. The number of aldehydes is 1. The third-order valence-electron chi connectivity index (χ3n) is 8.54. The number of methoxy groups -OCH3 is 2. The van der Waals surface area contributed by atoms with Crippen molar-refractivity contribution in [3.8, 4) is 45.3 Å². The Hall–Kier alpha value is -5.27. The Bertz CT molecular complexity index is 2080. The zero-order valence-electron chi connectivity index (χ0n) is 26.8. The number of carbonyl (C=O) groups excluding carboxylic acids is 2. The van der Waals surface area contributed by atoms with E-state index in [4.69, 9.17) is 37.7 Å². The van der Waals surface area contributed by atoms with Gasteiger partial charge in [0.1, 0.15) is 0 Å². The van der Waals surface area contributed by atoms with E-state index in [9.17, 15) is 19.5 Å². The van der Waals surface area contributed by atoms with Crippen LogP contribution < -0.4 is 9.47 Å². The quantitative estimate of drug-likeness (QED) is 0.177. The van der Waals surface area contributed by atoms with Gasteiger partial charge in [0.05, 0.1) is 42.2 Å². The van der Waals surface area contributed by atoms with Crippen molar-refractivity contribution in [2.75, 3.05) is 27.3 Å². The highest BCUT2D eigenvalue weighted by Crippen LogP contribution is 2.42. The van der Waals surface area contributed by atoms with E-state index >= 15 is 0 Å². The summed E-state index contributed by atoms with van der Waals surface area (Å²) in [6.45, 7) is 2.60. The fourth-order valence-corrected chi connectivity index (χ4v) is 6.69. The number of amides is 2. The lowest BCUT2D eigenvalue weighted by Gasteiger charge is -2.37. The van der Waals surface area contributed by atoms with Gasteiger partial charge < -0.3 is 24.4 Å². The van der Waals surface area contributed by atoms with E-state index in [1.807, 2.05) is 18.2 Å². The minimum Gasteiger partial charge on any atom is -0.493 e. The molecule has 0 spiro atoms. The number of rotatable bonds is 9. The van der Waals surface area contributed by atoms with Gasteiger partial charge in [-0.3, -0.25) is 14.6 Å². The molecule has 0 unspecified atom stereocenters. The van der Waals surface area contributed by atoms with Gasteiger partial charge in [0, 0.05) is 66.3 Å². The van der Waals surface area contributed by atoms with E-state index in [-0.39, 0.29) is 30.2 Å². The van der Waals surface area contributed by atoms with Crippen LogP contribution in [0.4, 0.5) is 4.79 Å². The lowest BCUT2D eigenvalue weighted by molar-refractivity contribution is -0.130. The van der Waals surface area contributed by atoms with Gasteiger partial charge >= 0.3 is 6.09 Å². The minimum atomic E-state index is -1.05. The third-order valence-corrected chi connectivity index (χ3v) is 9.33. The zero-order chi connectivity index (χ0) is 34.8. The third kappa shape index (κ3) is 6.59. The fraction of sp³-hybridized carbons (Fsp3) is 0.265. The smallest absolute Gasteiger partial charge is 0.407 e. The molecule has 13 nitrogen and oxygen atoms in total. The molecule has 5 heterocycles. The first-order valence-electron chi connectivity index (χ1n) is 15.3. The topological polar surface area (TPSA) is 152 Å². The van der Waals surface area contributed by atoms with Crippen LogP contribution in [0.5, 0.6) is 11.6 Å². The zero-order valence-corrected chi connectivity index (χ0v) is 28.3. The van der Waals surface area contributed by atoms with Crippen LogP contribution in [0.3, 0.4) is 0 Å². The number of hydrogen-bond acceptors (Lipinski definition) is 9. The number of fused-ring (bicyclic) bond motifs is 1. The lowest BCUT2D eigenvalue weighted by Crippen LogP contribution is -2.47. The molecule has 0 radical (unpaired) electrons. The summed E-state index contributed by atoms with van der Waals surface area (Å²) in [5, 5.41) is 14.9. The molecular formula is C34H31Cl2N7O6. The van der Waals surface area contributed by atoms with Crippen LogP contribution in [0, 0.1) is 0 Å². The molecule has 6 rings (SSSR count). The molecule has 1 aromatic carbocycles. The van der Waals surface area contributed by atoms with Gasteiger partial charge in [0.15, 0.2) is 17.7 Å². The normalized spacial score (nSPS) is 13.4. The molecule has 0 aliphatic carbocycles. The monoisotopic (exact) mass is 703 g/mol. The van der Waals surface area contributed by atoms with Crippen molar-refractivity contribution in [3.05, 3.63) is 76.3 Å². The van der Waals surface area contributed by atoms with Crippen molar-refractivity contribution >= 4 is 47.1 Å². The molecule has 0 bridgehead atoms. The number of hydrogen-bond donors (Lipinski definition) is 1. The van der Waals surface area contributed by atoms with Gasteiger partial charge in [0.2, 0.25) is 17.6 Å². The molecule has 0 atom stereocenters. The molecule has 2 amide bonds. The molecule has 0 saturated carbocycles. The fourth-order valence-electron chi connectivity index (χ4n) is 6.04. The largest absolute Gasteiger partial charge is 0.493 e. The van der Waals surface area contributed by atoms with E-state index in [1.54, 1.807) is 41.6 Å². The van der Waals surface area contributed by atoms with Crippen molar-refractivity contribution in [1.29, 1.82) is 0 Å². The molecule has 1 saturated heterocycles. The maximum atomic E-state index is 12.3. The Labute approximate surface area is 291 Å². The number of carbonyl (C=O) groups is 3. The summed E-state index contributed by atoms with van der Waals surface area (Å²) in [6.07, 6.45) is 3.87.